The Labute approximate surface area is 197 Å². The van der Waals surface area contributed by atoms with E-state index in [9.17, 15) is 4.39 Å². The van der Waals surface area contributed by atoms with E-state index in [0.29, 0.717) is 46.6 Å². The van der Waals surface area contributed by atoms with Crippen LogP contribution in [0.5, 0.6) is 0 Å². The molecule has 0 unspecified atom stereocenters. The molecule has 1 aliphatic heterocycles. The SMILES string of the molecule is NC1CCN(C2CCC(Nc3ncc4ncnc(Nc5ccc(F)c(Cl)c5)c4n3)CC2)CC1. The molecule has 2 aromatic heterocycles. The van der Waals surface area contributed by atoms with Gasteiger partial charge >= 0.3 is 0 Å². The van der Waals surface area contributed by atoms with Gasteiger partial charge in [-0.2, -0.15) is 0 Å². The summed E-state index contributed by atoms with van der Waals surface area (Å²) in [5.74, 6) is 0.604. The van der Waals surface area contributed by atoms with Crippen LogP contribution in [0.25, 0.3) is 11.0 Å². The Morgan fingerprint density at radius 2 is 1.82 bits per heavy atom. The summed E-state index contributed by atoms with van der Waals surface area (Å²) in [7, 11) is 0. The van der Waals surface area contributed by atoms with Crippen LogP contribution in [0, 0.1) is 5.82 Å². The minimum absolute atomic E-state index is 0.0401. The lowest BCUT2D eigenvalue weighted by Gasteiger charge is -2.40. The first-order valence-electron chi connectivity index (χ1n) is 11.5. The van der Waals surface area contributed by atoms with Gasteiger partial charge in [0, 0.05) is 23.8 Å². The molecule has 0 amide bonds. The number of nitrogens with two attached hydrogens (primary N) is 1. The molecule has 5 rings (SSSR count). The zero-order chi connectivity index (χ0) is 22.8. The smallest absolute Gasteiger partial charge is 0.223 e. The van der Waals surface area contributed by atoms with Crippen LogP contribution in [0.4, 0.5) is 21.8 Å². The topological polar surface area (TPSA) is 105 Å². The van der Waals surface area contributed by atoms with Gasteiger partial charge in [-0.25, -0.2) is 24.3 Å². The molecule has 1 saturated carbocycles. The van der Waals surface area contributed by atoms with Gasteiger partial charge in [0.1, 0.15) is 23.2 Å². The summed E-state index contributed by atoms with van der Waals surface area (Å²) in [5.41, 5.74) is 7.89. The fourth-order valence-electron chi connectivity index (χ4n) is 4.78. The molecule has 1 aliphatic carbocycles. The fraction of sp³-hybridized carbons (Fsp3) is 0.478. The molecular weight excluding hydrogens is 443 g/mol. The van der Waals surface area contributed by atoms with Crippen LogP contribution in [-0.4, -0.2) is 56.1 Å². The summed E-state index contributed by atoms with van der Waals surface area (Å²) < 4.78 is 13.5. The lowest BCUT2D eigenvalue weighted by Crippen LogP contribution is -2.47. The van der Waals surface area contributed by atoms with E-state index in [2.05, 4.69) is 35.5 Å². The third-order valence-electron chi connectivity index (χ3n) is 6.68. The molecule has 0 atom stereocenters. The van der Waals surface area contributed by atoms with E-state index >= 15 is 0 Å². The first kappa shape index (κ1) is 22.2. The monoisotopic (exact) mass is 470 g/mol. The normalized spacial score (nSPS) is 22.4. The van der Waals surface area contributed by atoms with Crippen LogP contribution < -0.4 is 16.4 Å². The van der Waals surface area contributed by atoms with Crippen molar-refractivity contribution in [1.82, 2.24) is 24.8 Å². The average Bonchev–Trinajstić information content (AvgIpc) is 2.83. The molecule has 33 heavy (non-hydrogen) atoms. The van der Waals surface area contributed by atoms with Crippen molar-refractivity contribution in [3.63, 3.8) is 0 Å². The van der Waals surface area contributed by atoms with Crippen molar-refractivity contribution in [2.45, 2.75) is 56.7 Å². The van der Waals surface area contributed by atoms with Crippen LogP contribution in [0.3, 0.4) is 0 Å². The first-order valence-corrected chi connectivity index (χ1v) is 11.9. The largest absolute Gasteiger partial charge is 0.351 e. The minimum Gasteiger partial charge on any atom is -0.351 e. The van der Waals surface area contributed by atoms with Gasteiger partial charge in [-0.05, 0) is 69.8 Å². The van der Waals surface area contributed by atoms with E-state index in [0.717, 1.165) is 38.8 Å². The predicted molar refractivity (Wildman–Crippen MR) is 128 cm³/mol. The number of halogens is 2. The van der Waals surface area contributed by atoms with Gasteiger partial charge in [-0.1, -0.05) is 11.6 Å². The zero-order valence-electron chi connectivity index (χ0n) is 18.3. The predicted octanol–water partition coefficient (Wildman–Crippen LogP) is 4.10. The van der Waals surface area contributed by atoms with E-state index in [1.54, 1.807) is 12.3 Å². The number of aromatic nitrogens is 4. The number of hydrogen-bond acceptors (Lipinski definition) is 8. The Kier molecular flexibility index (Phi) is 6.52. The molecule has 0 bridgehead atoms. The van der Waals surface area contributed by atoms with Crippen molar-refractivity contribution in [2.24, 2.45) is 5.73 Å². The minimum atomic E-state index is -0.470. The number of piperidine rings is 1. The maximum absolute atomic E-state index is 13.5. The van der Waals surface area contributed by atoms with Crippen molar-refractivity contribution in [3.8, 4) is 0 Å². The molecule has 174 valence electrons. The van der Waals surface area contributed by atoms with E-state index < -0.39 is 5.82 Å². The Morgan fingerprint density at radius 3 is 2.58 bits per heavy atom. The van der Waals surface area contributed by atoms with E-state index in [1.165, 1.54) is 31.3 Å². The molecule has 3 heterocycles. The lowest BCUT2D eigenvalue weighted by molar-refractivity contribution is 0.120. The third-order valence-corrected chi connectivity index (χ3v) is 6.97. The summed E-state index contributed by atoms with van der Waals surface area (Å²) in [6, 6.07) is 5.78. The average molecular weight is 471 g/mol. The third kappa shape index (κ3) is 5.15. The highest BCUT2D eigenvalue weighted by Crippen LogP contribution is 2.28. The van der Waals surface area contributed by atoms with Crippen molar-refractivity contribution in [3.05, 3.63) is 41.6 Å². The summed E-state index contributed by atoms with van der Waals surface area (Å²) >= 11 is 5.91. The van der Waals surface area contributed by atoms with E-state index in [4.69, 9.17) is 17.3 Å². The van der Waals surface area contributed by atoms with E-state index in [-0.39, 0.29) is 5.02 Å². The number of hydrogen-bond donors (Lipinski definition) is 3. The van der Waals surface area contributed by atoms with Crippen molar-refractivity contribution in [2.75, 3.05) is 23.7 Å². The molecule has 3 aromatic rings. The second kappa shape index (κ2) is 9.70. The quantitative estimate of drug-likeness (QED) is 0.511. The second-order valence-electron chi connectivity index (χ2n) is 8.93. The number of nitrogens with one attached hydrogen (secondary N) is 2. The number of nitrogens with zero attached hydrogens (tertiary/aromatic N) is 5. The second-order valence-corrected chi connectivity index (χ2v) is 9.33. The molecule has 10 heteroatoms. The van der Waals surface area contributed by atoms with Crippen LogP contribution in [-0.2, 0) is 0 Å². The Balaban J connectivity index is 1.26. The molecule has 1 aromatic carbocycles. The van der Waals surface area contributed by atoms with Crippen LogP contribution in [0.15, 0.2) is 30.7 Å². The number of anilines is 3. The van der Waals surface area contributed by atoms with Gasteiger partial charge in [-0.3, -0.25) is 0 Å². The number of likely N-dealkylation sites (tertiary alicyclic amines) is 1. The number of fused-ring (bicyclic) bond motifs is 1. The Morgan fingerprint density at radius 1 is 1.03 bits per heavy atom. The van der Waals surface area contributed by atoms with Crippen LogP contribution >= 0.6 is 11.6 Å². The van der Waals surface area contributed by atoms with Crippen LogP contribution in [0.1, 0.15) is 38.5 Å². The molecular formula is C23H28ClFN8. The Hall–Kier alpha value is -2.62. The molecule has 1 saturated heterocycles. The van der Waals surface area contributed by atoms with Gasteiger partial charge < -0.3 is 21.3 Å². The molecule has 0 spiro atoms. The zero-order valence-corrected chi connectivity index (χ0v) is 19.1. The maximum atomic E-state index is 13.5. The van der Waals surface area contributed by atoms with Crippen molar-refractivity contribution >= 4 is 40.1 Å². The van der Waals surface area contributed by atoms with Gasteiger partial charge in [0.05, 0.1) is 11.2 Å². The van der Waals surface area contributed by atoms with Crippen molar-refractivity contribution in [1.29, 1.82) is 0 Å². The summed E-state index contributed by atoms with van der Waals surface area (Å²) in [5, 5.41) is 6.69. The molecule has 2 aliphatic rings. The first-order chi connectivity index (χ1) is 16.0. The van der Waals surface area contributed by atoms with Gasteiger partial charge in [0.2, 0.25) is 5.95 Å². The van der Waals surface area contributed by atoms with Gasteiger partial charge in [-0.15, -0.1) is 0 Å². The number of rotatable bonds is 5. The summed E-state index contributed by atoms with van der Waals surface area (Å²) in [6.45, 7) is 2.24. The molecule has 0 radical (unpaired) electrons. The number of benzene rings is 1. The van der Waals surface area contributed by atoms with E-state index in [1.807, 2.05) is 0 Å². The molecule has 8 nitrogen and oxygen atoms in total. The van der Waals surface area contributed by atoms with Crippen molar-refractivity contribution < 1.29 is 4.39 Å². The highest BCUT2D eigenvalue weighted by atomic mass is 35.5. The summed E-state index contributed by atoms with van der Waals surface area (Å²) in [4.78, 5) is 20.3. The van der Waals surface area contributed by atoms with Crippen LogP contribution in [0.2, 0.25) is 5.02 Å². The van der Waals surface area contributed by atoms with Gasteiger partial charge in [0.25, 0.3) is 0 Å². The Bertz CT molecular complexity index is 1110. The maximum Gasteiger partial charge on any atom is 0.223 e. The standard InChI is InChI=1S/C23H28ClFN8/c24-18-11-16(3-6-19(18)25)30-22-21-20(28-13-29-22)12-27-23(32-21)31-15-1-4-17(5-2-15)33-9-7-14(26)8-10-33/h3,6,11-15,17H,1-2,4-5,7-10,26H2,(H,27,31,32)(H,28,29,30). The fourth-order valence-corrected chi connectivity index (χ4v) is 4.96. The molecule has 2 fully saturated rings. The highest BCUT2D eigenvalue weighted by molar-refractivity contribution is 6.31. The van der Waals surface area contributed by atoms with Gasteiger partial charge in [0.15, 0.2) is 5.82 Å². The molecule has 4 N–H and O–H groups in total. The lowest BCUT2D eigenvalue weighted by atomic mass is 9.89. The highest BCUT2D eigenvalue weighted by Gasteiger charge is 2.28. The summed E-state index contributed by atoms with van der Waals surface area (Å²) in [6.07, 6.45) is 9.85.